The maximum Gasteiger partial charge on any atom is 0.140 e. The standard InChI is InChI=1S/C13H12N4/c1-14-11-5-3-2-4-10(11)12-8-17-9-15-7-6-13(17)16-12/h2-9,14H,1H3. The lowest BCUT2D eigenvalue weighted by atomic mass is 10.1. The third-order valence-corrected chi connectivity index (χ3v) is 2.73. The van der Waals surface area contributed by atoms with E-state index in [9.17, 15) is 0 Å². The van der Waals surface area contributed by atoms with Crippen molar-refractivity contribution in [3.05, 3.63) is 49.1 Å². The number of hydrogen-bond acceptors (Lipinski definition) is 3. The summed E-state index contributed by atoms with van der Waals surface area (Å²) in [6, 6.07) is 10.0. The highest BCUT2D eigenvalue weighted by molar-refractivity contribution is 5.76. The fraction of sp³-hybridized carbons (Fsp3) is 0.0769. The van der Waals surface area contributed by atoms with Gasteiger partial charge in [0.1, 0.15) is 12.0 Å². The van der Waals surface area contributed by atoms with E-state index in [-0.39, 0.29) is 0 Å². The highest BCUT2D eigenvalue weighted by atomic mass is 15.0. The Morgan fingerprint density at radius 3 is 2.88 bits per heavy atom. The molecule has 2 heterocycles. The predicted octanol–water partition coefficient (Wildman–Crippen LogP) is 2.44. The maximum atomic E-state index is 4.57. The van der Waals surface area contributed by atoms with Crippen LogP contribution in [0.2, 0.25) is 0 Å². The topological polar surface area (TPSA) is 42.2 Å². The number of imidazole rings is 1. The van der Waals surface area contributed by atoms with Crippen molar-refractivity contribution >= 4 is 11.3 Å². The molecule has 0 aliphatic rings. The molecule has 1 aromatic carbocycles. The van der Waals surface area contributed by atoms with Gasteiger partial charge in [0.05, 0.1) is 5.69 Å². The fourth-order valence-electron chi connectivity index (χ4n) is 1.90. The van der Waals surface area contributed by atoms with Crippen LogP contribution in [0.3, 0.4) is 0 Å². The van der Waals surface area contributed by atoms with Gasteiger partial charge in [0.25, 0.3) is 0 Å². The summed E-state index contributed by atoms with van der Waals surface area (Å²) in [5.74, 6) is 0. The summed E-state index contributed by atoms with van der Waals surface area (Å²) in [4.78, 5) is 8.64. The summed E-state index contributed by atoms with van der Waals surface area (Å²) < 4.78 is 1.92. The van der Waals surface area contributed by atoms with Crippen molar-refractivity contribution in [2.45, 2.75) is 0 Å². The van der Waals surface area contributed by atoms with Gasteiger partial charge in [-0.2, -0.15) is 0 Å². The molecule has 4 nitrogen and oxygen atoms in total. The molecule has 84 valence electrons. The van der Waals surface area contributed by atoms with E-state index in [1.54, 1.807) is 12.5 Å². The van der Waals surface area contributed by atoms with Crippen LogP contribution < -0.4 is 5.32 Å². The Morgan fingerprint density at radius 1 is 1.18 bits per heavy atom. The molecule has 4 heteroatoms. The lowest BCUT2D eigenvalue weighted by molar-refractivity contribution is 1.09. The molecule has 0 radical (unpaired) electrons. The van der Waals surface area contributed by atoms with Gasteiger partial charge in [-0.3, -0.25) is 4.40 Å². The number of fused-ring (bicyclic) bond motifs is 1. The Kier molecular flexibility index (Phi) is 2.26. The van der Waals surface area contributed by atoms with Gasteiger partial charge in [-0.05, 0) is 12.1 Å². The largest absolute Gasteiger partial charge is 0.388 e. The Labute approximate surface area is 99.0 Å². The minimum absolute atomic E-state index is 0.904. The summed E-state index contributed by atoms with van der Waals surface area (Å²) in [7, 11) is 1.91. The second kappa shape index (κ2) is 3.90. The molecule has 0 saturated heterocycles. The molecular formula is C13H12N4. The number of rotatable bonds is 2. The molecule has 0 aliphatic carbocycles. The van der Waals surface area contributed by atoms with Gasteiger partial charge in [-0.1, -0.05) is 18.2 Å². The Balaban J connectivity index is 2.20. The molecule has 0 saturated carbocycles. The Bertz CT molecular complexity index is 624. The average molecular weight is 224 g/mol. The van der Waals surface area contributed by atoms with Crippen molar-refractivity contribution in [3.63, 3.8) is 0 Å². The Hall–Kier alpha value is -2.36. The van der Waals surface area contributed by atoms with Crippen LogP contribution in [0.1, 0.15) is 0 Å². The van der Waals surface area contributed by atoms with Crippen LogP contribution in [0.5, 0.6) is 0 Å². The summed E-state index contributed by atoms with van der Waals surface area (Å²) in [6.07, 6.45) is 5.49. The minimum atomic E-state index is 0.904. The number of para-hydroxylation sites is 1. The van der Waals surface area contributed by atoms with Crippen molar-refractivity contribution in [1.82, 2.24) is 14.4 Å². The second-order valence-corrected chi connectivity index (χ2v) is 3.77. The van der Waals surface area contributed by atoms with E-state index in [0.717, 1.165) is 22.6 Å². The SMILES string of the molecule is CNc1ccccc1-c1cn2cnccc2n1. The van der Waals surface area contributed by atoms with E-state index >= 15 is 0 Å². The van der Waals surface area contributed by atoms with Gasteiger partial charge in [0, 0.05) is 30.7 Å². The van der Waals surface area contributed by atoms with Gasteiger partial charge in [0.15, 0.2) is 0 Å². The number of nitrogens with one attached hydrogen (secondary N) is 1. The van der Waals surface area contributed by atoms with Crippen LogP contribution in [0, 0.1) is 0 Å². The first kappa shape index (κ1) is 9.84. The van der Waals surface area contributed by atoms with Gasteiger partial charge in [-0.15, -0.1) is 0 Å². The first-order chi connectivity index (χ1) is 8.38. The van der Waals surface area contributed by atoms with Gasteiger partial charge in [0.2, 0.25) is 0 Å². The highest BCUT2D eigenvalue weighted by Gasteiger charge is 2.07. The molecule has 2 aromatic heterocycles. The minimum Gasteiger partial charge on any atom is -0.388 e. The lowest BCUT2D eigenvalue weighted by Gasteiger charge is -2.05. The van der Waals surface area contributed by atoms with Crippen molar-refractivity contribution in [3.8, 4) is 11.3 Å². The third-order valence-electron chi connectivity index (χ3n) is 2.73. The van der Waals surface area contributed by atoms with Crippen LogP contribution in [0.4, 0.5) is 5.69 Å². The van der Waals surface area contributed by atoms with E-state index in [0.29, 0.717) is 0 Å². The van der Waals surface area contributed by atoms with Gasteiger partial charge in [-0.25, -0.2) is 9.97 Å². The van der Waals surface area contributed by atoms with E-state index < -0.39 is 0 Å². The molecule has 17 heavy (non-hydrogen) atoms. The molecule has 0 fully saturated rings. The van der Waals surface area contributed by atoms with Crippen molar-refractivity contribution in [2.75, 3.05) is 12.4 Å². The van der Waals surface area contributed by atoms with E-state index in [4.69, 9.17) is 0 Å². The zero-order chi connectivity index (χ0) is 11.7. The fourth-order valence-corrected chi connectivity index (χ4v) is 1.90. The summed E-state index contributed by atoms with van der Waals surface area (Å²) >= 11 is 0. The van der Waals surface area contributed by atoms with Crippen LogP contribution in [-0.2, 0) is 0 Å². The normalized spacial score (nSPS) is 10.6. The van der Waals surface area contributed by atoms with Crippen molar-refractivity contribution in [1.29, 1.82) is 0 Å². The van der Waals surface area contributed by atoms with E-state index in [1.807, 2.05) is 41.9 Å². The second-order valence-electron chi connectivity index (χ2n) is 3.77. The van der Waals surface area contributed by atoms with Crippen LogP contribution in [-0.4, -0.2) is 21.4 Å². The number of anilines is 1. The first-order valence-corrected chi connectivity index (χ1v) is 5.44. The smallest absolute Gasteiger partial charge is 0.140 e. The molecule has 0 spiro atoms. The molecular weight excluding hydrogens is 212 g/mol. The molecule has 3 aromatic rings. The molecule has 0 atom stereocenters. The molecule has 0 bridgehead atoms. The van der Waals surface area contributed by atoms with Gasteiger partial charge < -0.3 is 5.32 Å². The first-order valence-electron chi connectivity index (χ1n) is 5.44. The number of nitrogens with zero attached hydrogens (tertiary/aromatic N) is 3. The Morgan fingerprint density at radius 2 is 2.06 bits per heavy atom. The van der Waals surface area contributed by atoms with E-state index in [2.05, 4.69) is 21.4 Å². The maximum absolute atomic E-state index is 4.57. The van der Waals surface area contributed by atoms with Crippen molar-refractivity contribution < 1.29 is 0 Å². The number of hydrogen-bond donors (Lipinski definition) is 1. The van der Waals surface area contributed by atoms with E-state index in [1.165, 1.54) is 0 Å². The van der Waals surface area contributed by atoms with Crippen molar-refractivity contribution in [2.24, 2.45) is 0 Å². The summed E-state index contributed by atoms with van der Waals surface area (Å²) in [5, 5.41) is 3.17. The zero-order valence-electron chi connectivity index (χ0n) is 9.46. The molecule has 1 N–H and O–H groups in total. The van der Waals surface area contributed by atoms with Crippen LogP contribution in [0.15, 0.2) is 49.1 Å². The average Bonchev–Trinajstić information content (AvgIpc) is 2.82. The van der Waals surface area contributed by atoms with Gasteiger partial charge >= 0.3 is 0 Å². The van der Waals surface area contributed by atoms with Crippen LogP contribution in [0.25, 0.3) is 16.9 Å². The monoisotopic (exact) mass is 224 g/mol. The third kappa shape index (κ3) is 1.63. The zero-order valence-corrected chi connectivity index (χ0v) is 9.46. The summed E-state index contributed by atoms with van der Waals surface area (Å²) in [5.41, 5.74) is 4.02. The number of aromatic nitrogens is 3. The quantitative estimate of drug-likeness (QED) is 0.727. The predicted molar refractivity (Wildman–Crippen MR) is 68.0 cm³/mol. The lowest BCUT2D eigenvalue weighted by Crippen LogP contribution is -1.91. The summed E-state index contributed by atoms with van der Waals surface area (Å²) in [6.45, 7) is 0. The van der Waals surface area contributed by atoms with Crippen LogP contribution >= 0.6 is 0 Å². The molecule has 0 unspecified atom stereocenters. The number of benzene rings is 1. The molecule has 0 aliphatic heterocycles. The molecule has 3 rings (SSSR count). The molecule has 0 amide bonds. The highest BCUT2D eigenvalue weighted by Crippen LogP contribution is 2.26.